The number of aliphatic hydroxyl groups is 3. The molecule has 10 nitrogen and oxygen atoms in total. The molecule has 0 amide bonds. The number of aliphatic hydroxyl groups excluding tert-OH is 3. The average molecular weight is 524 g/mol. The van der Waals surface area contributed by atoms with Crippen LogP contribution in [0.4, 0.5) is 0 Å². The lowest BCUT2D eigenvalue weighted by Gasteiger charge is -2.23. The highest BCUT2D eigenvalue weighted by Crippen LogP contribution is 2.38. The van der Waals surface area contributed by atoms with E-state index in [4.69, 9.17) is 9.47 Å². The van der Waals surface area contributed by atoms with Gasteiger partial charge in [0.15, 0.2) is 0 Å². The van der Waals surface area contributed by atoms with E-state index in [-0.39, 0.29) is 50.7 Å². The van der Waals surface area contributed by atoms with Gasteiger partial charge in [0.25, 0.3) is 5.09 Å². The zero-order valence-corrected chi connectivity index (χ0v) is 21.4. The van der Waals surface area contributed by atoms with Crippen molar-refractivity contribution in [3.8, 4) is 0 Å². The quantitative estimate of drug-likeness (QED) is 0.0818. The van der Waals surface area contributed by atoms with Crippen molar-refractivity contribution in [1.29, 1.82) is 0 Å². The monoisotopic (exact) mass is 523 g/mol. The normalized spacial score (nSPS) is 22.2. The highest BCUT2D eigenvalue weighted by Gasteiger charge is 2.40. The van der Waals surface area contributed by atoms with Crippen molar-refractivity contribution in [3.63, 3.8) is 0 Å². The summed E-state index contributed by atoms with van der Waals surface area (Å²) in [4.78, 5) is 25.8. The number of nitrogens with zero attached hydrogens (tertiary/aromatic N) is 1. The van der Waals surface area contributed by atoms with Gasteiger partial charge in [-0.25, -0.2) is 0 Å². The van der Waals surface area contributed by atoms with Gasteiger partial charge in [-0.3, -0.25) is 4.79 Å². The molecule has 2 rings (SSSR count). The van der Waals surface area contributed by atoms with Gasteiger partial charge in [-0.1, -0.05) is 42.5 Å². The van der Waals surface area contributed by atoms with Crippen LogP contribution in [0.15, 0.2) is 42.5 Å². The molecule has 37 heavy (non-hydrogen) atoms. The second kappa shape index (κ2) is 17.8. The summed E-state index contributed by atoms with van der Waals surface area (Å²) in [5.41, 5.74) is 1.20. The molecule has 208 valence electrons. The molecule has 3 N–H and O–H groups in total. The number of allylic oxidation sites excluding steroid dienone is 2. The number of aryl methyl sites for hydroxylation is 1. The molecule has 1 aliphatic rings. The molecule has 10 heteroatoms. The zero-order chi connectivity index (χ0) is 26.9. The molecule has 0 heterocycles. The van der Waals surface area contributed by atoms with Crippen molar-refractivity contribution in [2.24, 2.45) is 11.8 Å². The lowest BCUT2D eigenvalue weighted by molar-refractivity contribution is -0.758. The van der Waals surface area contributed by atoms with Crippen molar-refractivity contribution >= 4 is 5.97 Å². The molecular weight excluding hydrogens is 482 g/mol. The van der Waals surface area contributed by atoms with Crippen molar-refractivity contribution in [2.45, 2.75) is 76.1 Å². The van der Waals surface area contributed by atoms with Gasteiger partial charge in [0.2, 0.25) is 0 Å². The molecule has 1 aromatic carbocycles. The van der Waals surface area contributed by atoms with Crippen LogP contribution in [-0.4, -0.2) is 71.1 Å². The minimum atomic E-state index is -0.893. The van der Waals surface area contributed by atoms with Gasteiger partial charge in [-0.05, 0) is 68.8 Å². The summed E-state index contributed by atoms with van der Waals surface area (Å²) in [6, 6.07) is 10.0. The highest BCUT2D eigenvalue weighted by atomic mass is 17.0. The smallest absolute Gasteiger partial charge is 0.305 e. The summed E-state index contributed by atoms with van der Waals surface area (Å²) in [5, 5.41) is 40.4. The Bertz CT molecular complexity index is 804. The van der Waals surface area contributed by atoms with E-state index >= 15 is 0 Å². The first-order chi connectivity index (χ1) is 17.9. The highest BCUT2D eigenvalue weighted by molar-refractivity contribution is 5.69. The topological polar surface area (TPSA) is 149 Å². The van der Waals surface area contributed by atoms with Crippen molar-refractivity contribution < 1.29 is 39.5 Å². The SMILES string of the molecule is O=C(CCCC=CC[C@@H]1[C@@H](CC[C@@H](O)CCc2ccccc2)[C@H](O)C[C@@H]1O)OCCOCCO[N+](=O)[O-]. The predicted molar refractivity (Wildman–Crippen MR) is 136 cm³/mol. The third kappa shape index (κ3) is 13.0. The molecule has 0 radical (unpaired) electrons. The zero-order valence-electron chi connectivity index (χ0n) is 21.4. The van der Waals surface area contributed by atoms with Gasteiger partial charge in [-0.2, -0.15) is 0 Å². The van der Waals surface area contributed by atoms with Gasteiger partial charge >= 0.3 is 5.97 Å². The molecule has 5 atom stereocenters. The molecular formula is C27H41NO9. The van der Waals surface area contributed by atoms with Crippen LogP contribution in [0.1, 0.15) is 56.9 Å². The number of unbranched alkanes of at least 4 members (excludes halogenated alkanes) is 1. The molecule has 0 bridgehead atoms. The maximum Gasteiger partial charge on any atom is 0.305 e. The molecule has 0 spiro atoms. The van der Waals surface area contributed by atoms with Gasteiger partial charge in [0.05, 0.1) is 31.5 Å². The van der Waals surface area contributed by atoms with Gasteiger partial charge < -0.3 is 29.6 Å². The number of hydrogen-bond donors (Lipinski definition) is 3. The third-order valence-electron chi connectivity index (χ3n) is 6.71. The van der Waals surface area contributed by atoms with Crippen LogP contribution in [-0.2, 0) is 25.5 Å². The summed E-state index contributed by atoms with van der Waals surface area (Å²) < 4.78 is 10.1. The van der Waals surface area contributed by atoms with E-state index in [1.54, 1.807) is 0 Å². The molecule has 0 unspecified atom stereocenters. The maximum absolute atomic E-state index is 11.7. The fraction of sp³-hybridized carbons (Fsp3) is 0.667. The van der Waals surface area contributed by atoms with E-state index in [0.717, 1.165) is 6.42 Å². The second-order valence-corrected chi connectivity index (χ2v) is 9.44. The standard InChI is InChI=1S/C27H41NO9/c29-22(13-12-21-8-4-3-5-9-21)14-15-24-23(25(30)20-26(24)31)10-6-1-2-7-11-27(32)36-18-16-35-17-19-37-28(33)34/h1,3-6,8-9,22-26,29-31H,2,7,10-20H2/t22-,23+,24+,25-,26+/m0/s1. The fourth-order valence-corrected chi connectivity index (χ4v) is 4.71. The molecule has 1 aliphatic carbocycles. The Morgan fingerprint density at radius 2 is 1.78 bits per heavy atom. The van der Waals surface area contributed by atoms with E-state index in [9.17, 15) is 30.2 Å². The minimum absolute atomic E-state index is 0.0469. The van der Waals surface area contributed by atoms with Gasteiger partial charge in [-0.15, -0.1) is 10.1 Å². The summed E-state index contributed by atoms with van der Waals surface area (Å²) in [6.45, 7) is 0.109. The second-order valence-electron chi connectivity index (χ2n) is 9.44. The Labute approximate surface area is 218 Å². The molecule has 0 aromatic heterocycles. The lowest BCUT2D eigenvalue weighted by atomic mass is 9.85. The van der Waals surface area contributed by atoms with E-state index in [1.807, 2.05) is 42.5 Å². The number of ether oxygens (including phenoxy) is 2. The van der Waals surface area contributed by atoms with E-state index in [2.05, 4.69) is 4.84 Å². The number of carbonyl (C=O) groups excluding carboxylic acids is 1. The Hall–Kier alpha value is -2.53. The van der Waals surface area contributed by atoms with Gasteiger partial charge in [0.1, 0.15) is 13.2 Å². The molecule has 1 fully saturated rings. The van der Waals surface area contributed by atoms with Crippen LogP contribution in [0.2, 0.25) is 0 Å². The largest absolute Gasteiger partial charge is 0.463 e. The van der Waals surface area contributed by atoms with Crippen LogP contribution in [0.5, 0.6) is 0 Å². The molecule has 1 aromatic rings. The van der Waals surface area contributed by atoms with Gasteiger partial charge in [0, 0.05) is 6.42 Å². The fourth-order valence-electron chi connectivity index (χ4n) is 4.71. The first kappa shape index (κ1) is 30.7. The lowest BCUT2D eigenvalue weighted by Crippen LogP contribution is -2.23. The number of rotatable bonds is 19. The first-order valence-electron chi connectivity index (χ1n) is 13.1. The van der Waals surface area contributed by atoms with Crippen molar-refractivity contribution in [1.82, 2.24) is 0 Å². The number of hydrogen-bond acceptors (Lipinski definition) is 9. The van der Waals surface area contributed by atoms with E-state index in [0.29, 0.717) is 44.9 Å². The van der Waals surface area contributed by atoms with Crippen LogP contribution >= 0.6 is 0 Å². The Morgan fingerprint density at radius 1 is 1.05 bits per heavy atom. The molecule has 0 aliphatic heterocycles. The van der Waals surface area contributed by atoms with Crippen LogP contribution in [0.25, 0.3) is 0 Å². The number of carbonyl (C=O) groups is 1. The van der Waals surface area contributed by atoms with Crippen LogP contribution < -0.4 is 0 Å². The average Bonchev–Trinajstić information content (AvgIpc) is 3.15. The third-order valence-corrected chi connectivity index (χ3v) is 6.71. The number of benzene rings is 1. The van der Waals surface area contributed by atoms with Crippen LogP contribution in [0, 0.1) is 22.0 Å². The van der Waals surface area contributed by atoms with Crippen molar-refractivity contribution in [3.05, 3.63) is 58.2 Å². The van der Waals surface area contributed by atoms with E-state index in [1.165, 1.54) is 5.56 Å². The van der Waals surface area contributed by atoms with E-state index < -0.39 is 23.4 Å². The summed E-state index contributed by atoms with van der Waals surface area (Å²) in [5.74, 6) is -0.429. The Balaban J connectivity index is 1.57. The molecule has 0 saturated heterocycles. The summed E-state index contributed by atoms with van der Waals surface area (Å²) in [6.07, 6.45) is 7.77. The van der Waals surface area contributed by atoms with Crippen molar-refractivity contribution in [2.75, 3.05) is 26.4 Å². The Kier molecular flexibility index (Phi) is 14.8. The predicted octanol–water partition coefficient (Wildman–Crippen LogP) is 3.00. The summed E-state index contributed by atoms with van der Waals surface area (Å²) >= 11 is 0. The number of esters is 1. The van der Waals surface area contributed by atoms with Crippen LogP contribution in [0.3, 0.4) is 0 Å². The Morgan fingerprint density at radius 3 is 2.54 bits per heavy atom. The maximum atomic E-state index is 11.7. The molecule has 1 saturated carbocycles. The summed E-state index contributed by atoms with van der Waals surface area (Å²) in [7, 11) is 0. The first-order valence-corrected chi connectivity index (χ1v) is 13.1. The minimum Gasteiger partial charge on any atom is -0.463 e.